The maximum absolute atomic E-state index is 13.0. The van der Waals surface area contributed by atoms with Crippen LogP contribution >= 0.6 is 11.6 Å². The van der Waals surface area contributed by atoms with Gasteiger partial charge in [-0.05, 0) is 54.1 Å². The molecule has 8 heteroatoms. The average molecular weight is 433 g/mol. The maximum atomic E-state index is 13.0. The van der Waals surface area contributed by atoms with Gasteiger partial charge in [0.25, 0.3) is 15.9 Å². The lowest BCUT2D eigenvalue weighted by Gasteiger charge is -2.18. The molecule has 0 aromatic heterocycles. The number of sulfonamides is 1. The van der Waals surface area contributed by atoms with Gasteiger partial charge in [0.1, 0.15) is 5.82 Å². The molecule has 3 rings (SSSR count). The van der Waals surface area contributed by atoms with Gasteiger partial charge in [-0.3, -0.25) is 9.52 Å². The number of amides is 1. The number of rotatable bonds is 6. The van der Waals surface area contributed by atoms with Crippen molar-refractivity contribution in [2.75, 3.05) is 11.8 Å². The summed E-state index contributed by atoms with van der Waals surface area (Å²) in [5, 5.41) is 0.548. The van der Waals surface area contributed by atoms with Crippen LogP contribution in [0.4, 0.5) is 10.1 Å². The molecule has 0 unspecified atom stereocenters. The monoisotopic (exact) mass is 432 g/mol. The molecule has 0 radical (unpaired) electrons. The molecule has 0 aliphatic carbocycles. The molecule has 0 saturated carbocycles. The molecule has 1 amide bonds. The van der Waals surface area contributed by atoms with Gasteiger partial charge < -0.3 is 4.90 Å². The molecule has 1 N–H and O–H groups in total. The van der Waals surface area contributed by atoms with Crippen molar-refractivity contribution in [3.05, 3.63) is 94.8 Å². The highest BCUT2D eigenvalue weighted by atomic mass is 35.5. The lowest BCUT2D eigenvalue weighted by atomic mass is 10.1. The Bertz CT molecular complexity index is 1130. The molecule has 0 aliphatic heterocycles. The number of nitrogens with one attached hydrogen (secondary N) is 1. The van der Waals surface area contributed by atoms with Gasteiger partial charge in [-0.15, -0.1) is 0 Å². The van der Waals surface area contributed by atoms with Crippen molar-refractivity contribution in [1.29, 1.82) is 0 Å². The second-order valence-corrected chi connectivity index (χ2v) is 8.48. The van der Waals surface area contributed by atoms with E-state index < -0.39 is 15.8 Å². The minimum Gasteiger partial charge on any atom is -0.337 e. The number of carbonyl (C=O) groups excluding carboxylic acids is 1. The van der Waals surface area contributed by atoms with E-state index in [9.17, 15) is 17.6 Å². The summed E-state index contributed by atoms with van der Waals surface area (Å²) >= 11 is 6.14. The molecule has 0 spiro atoms. The summed E-state index contributed by atoms with van der Waals surface area (Å²) < 4.78 is 40.6. The van der Waals surface area contributed by atoms with Crippen molar-refractivity contribution < 1.29 is 17.6 Å². The molecule has 0 aliphatic rings. The second-order valence-electron chi connectivity index (χ2n) is 6.39. The maximum Gasteiger partial charge on any atom is 0.261 e. The summed E-state index contributed by atoms with van der Waals surface area (Å²) in [5.74, 6) is -0.814. The molecule has 29 heavy (non-hydrogen) atoms. The van der Waals surface area contributed by atoms with Gasteiger partial charge in [-0.1, -0.05) is 35.9 Å². The molecule has 3 aromatic carbocycles. The molecule has 0 saturated heterocycles. The number of nitrogens with zero attached hydrogens (tertiary/aromatic N) is 1. The first kappa shape index (κ1) is 20.8. The molecular weight excluding hydrogens is 415 g/mol. The third-order valence-corrected chi connectivity index (χ3v) is 5.95. The highest BCUT2D eigenvalue weighted by Gasteiger charge is 2.19. The SMILES string of the molecule is CN(Cc1ccccc1Cl)C(=O)c1cccc(S(=O)(=O)Nc2ccc(F)cc2)c1. The molecule has 5 nitrogen and oxygen atoms in total. The number of anilines is 1. The summed E-state index contributed by atoms with van der Waals surface area (Å²) in [6.07, 6.45) is 0. The summed E-state index contributed by atoms with van der Waals surface area (Å²) in [6, 6.07) is 17.9. The Balaban J connectivity index is 1.80. The Morgan fingerprint density at radius 1 is 1.03 bits per heavy atom. The van der Waals surface area contributed by atoms with Gasteiger partial charge >= 0.3 is 0 Å². The van der Waals surface area contributed by atoms with E-state index in [4.69, 9.17) is 11.6 Å². The number of benzene rings is 3. The second kappa shape index (κ2) is 8.63. The Morgan fingerprint density at radius 2 is 1.72 bits per heavy atom. The van der Waals surface area contributed by atoms with Crippen LogP contribution in [0, 0.1) is 5.82 Å². The molecule has 150 valence electrons. The van der Waals surface area contributed by atoms with Gasteiger partial charge in [-0.25, -0.2) is 12.8 Å². The third-order valence-electron chi connectivity index (χ3n) is 4.20. The first-order valence-electron chi connectivity index (χ1n) is 8.63. The van der Waals surface area contributed by atoms with Gasteiger partial charge in [0, 0.05) is 29.9 Å². The van der Waals surface area contributed by atoms with Crippen LogP contribution in [0.15, 0.2) is 77.7 Å². The predicted octanol–water partition coefficient (Wildman–Crippen LogP) is 4.55. The molecule has 0 bridgehead atoms. The lowest BCUT2D eigenvalue weighted by molar-refractivity contribution is 0.0785. The highest BCUT2D eigenvalue weighted by molar-refractivity contribution is 7.92. The zero-order chi connectivity index (χ0) is 21.0. The van der Waals surface area contributed by atoms with Gasteiger partial charge in [0.05, 0.1) is 4.90 Å². The average Bonchev–Trinajstić information content (AvgIpc) is 2.71. The molecular formula is C21H18ClFN2O3S. The Hall–Kier alpha value is -2.90. The van der Waals surface area contributed by atoms with E-state index in [0.29, 0.717) is 5.02 Å². The smallest absolute Gasteiger partial charge is 0.261 e. The Kier molecular flexibility index (Phi) is 6.20. The zero-order valence-electron chi connectivity index (χ0n) is 15.5. The van der Waals surface area contributed by atoms with Crippen LogP contribution in [0.2, 0.25) is 5.02 Å². The van der Waals surface area contributed by atoms with Crippen molar-refractivity contribution in [3.63, 3.8) is 0 Å². The fraction of sp³-hybridized carbons (Fsp3) is 0.0952. The summed E-state index contributed by atoms with van der Waals surface area (Å²) in [6.45, 7) is 0.281. The minimum atomic E-state index is -3.94. The van der Waals surface area contributed by atoms with Crippen LogP contribution in [-0.2, 0) is 16.6 Å². The van der Waals surface area contributed by atoms with Crippen LogP contribution in [0.3, 0.4) is 0 Å². The summed E-state index contributed by atoms with van der Waals surface area (Å²) in [7, 11) is -2.32. The van der Waals surface area contributed by atoms with Crippen molar-refractivity contribution in [2.24, 2.45) is 0 Å². The highest BCUT2D eigenvalue weighted by Crippen LogP contribution is 2.20. The third kappa shape index (κ3) is 5.13. The van der Waals surface area contributed by atoms with E-state index in [-0.39, 0.29) is 28.6 Å². The van der Waals surface area contributed by atoms with Gasteiger partial charge in [-0.2, -0.15) is 0 Å². The van der Waals surface area contributed by atoms with E-state index in [1.54, 1.807) is 25.2 Å². The summed E-state index contributed by atoms with van der Waals surface area (Å²) in [4.78, 5) is 14.1. The van der Waals surface area contributed by atoms with E-state index >= 15 is 0 Å². The van der Waals surface area contributed by atoms with Crippen LogP contribution in [0.25, 0.3) is 0 Å². The predicted molar refractivity (Wildman–Crippen MR) is 111 cm³/mol. The van der Waals surface area contributed by atoms with Gasteiger partial charge in [0.15, 0.2) is 0 Å². The van der Waals surface area contributed by atoms with E-state index in [2.05, 4.69) is 4.72 Å². The fourth-order valence-electron chi connectivity index (χ4n) is 2.70. The number of hydrogen-bond acceptors (Lipinski definition) is 3. The van der Waals surface area contributed by atoms with Crippen LogP contribution in [-0.4, -0.2) is 26.3 Å². The van der Waals surface area contributed by atoms with E-state index in [1.807, 2.05) is 12.1 Å². The molecule has 0 atom stereocenters. The van der Waals surface area contributed by atoms with E-state index in [1.165, 1.54) is 35.2 Å². The number of halogens is 2. The van der Waals surface area contributed by atoms with Crippen LogP contribution < -0.4 is 4.72 Å². The normalized spacial score (nSPS) is 11.1. The minimum absolute atomic E-state index is 0.0705. The van der Waals surface area contributed by atoms with Crippen molar-refractivity contribution >= 4 is 33.2 Å². The van der Waals surface area contributed by atoms with Crippen LogP contribution in [0.1, 0.15) is 15.9 Å². The number of carbonyl (C=O) groups is 1. The van der Waals surface area contributed by atoms with Crippen LogP contribution in [0.5, 0.6) is 0 Å². The fourth-order valence-corrected chi connectivity index (χ4v) is 4.00. The summed E-state index contributed by atoms with van der Waals surface area (Å²) in [5.41, 5.74) is 1.23. The standard InChI is InChI=1S/C21H18ClFN2O3S/c1-25(14-16-5-2-3-8-20(16)22)21(26)15-6-4-7-19(13-15)29(27,28)24-18-11-9-17(23)10-12-18/h2-13,24H,14H2,1H3. The van der Waals surface area contributed by atoms with Gasteiger partial charge in [0.2, 0.25) is 0 Å². The zero-order valence-corrected chi connectivity index (χ0v) is 17.0. The first-order chi connectivity index (χ1) is 13.8. The topological polar surface area (TPSA) is 66.5 Å². The Morgan fingerprint density at radius 3 is 2.41 bits per heavy atom. The number of hydrogen-bond donors (Lipinski definition) is 1. The van der Waals surface area contributed by atoms with Crippen molar-refractivity contribution in [1.82, 2.24) is 4.90 Å². The molecule has 0 fully saturated rings. The Labute approximate surface area is 173 Å². The van der Waals surface area contributed by atoms with E-state index in [0.717, 1.165) is 17.7 Å². The molecule has 3 aromatic rings. The molecule has 0 heterocycles. The van der Waals surface area contributed by atoms with Crippen molar-refractivity contribution in [3.8, 4) is 0 Å². The quantitative estimate of drug-likeness (QED) is 0.621. The lowest BCUT2D eigenvalue weighted by Crippen LogP contribution is -2.26. The first-order valence-corrected chi connectivity index (χ1v) is 10.5. The largest absolute Gasteiger partial charge is 0.337 e. The van der Waals surface area contributed by atoms with Crippen molar-refractivity contribution in [2.45, 2.75) is 11.4 Å².